The van der Waals surface area contributed by atoms with Gasteiger partial charge in [-0.05, 0) is 0 Å². The van der Waals surface area contributed by atoms with E-state index < -0.39 is 0 Å². The lowest BCUT2D eigenvalue weighted by Gasteiger charge is -2.15. The molecule has 6 heteroatoms. The number of aldehydes is 1. The fourth-order valence-corrected chi connectivity index (χ4v) is 0.905. The second-order valence-corrected chi connectivity index (χ2v) is 2.84. The van der Waals surface area contributed by atoms with Gasteiger partial charge in [0.15, 0.2) is 0 Å². The third kappa shape index (κ3) is 9.45. The van der Waals surface area contributed by atoms with Crippen LogP contribution >= 0.6 is 0 Å². The van der Waals surface area contributed by atoms with Crippen LogP contribution in [-0.4, -0.2) is 64.9 Å². The van der Waals surface area contributed by atoms with Crippen LogP contribution in [0.3, 0.4) is 0 Å². The van der Waals surface area contributed by atoms with E-state index >= 15 is 0 Å². The fraction of sp³-hybridized carbons (Fsp3) is 0.700. The van der Waals surface area contributed by atoms with Gasteiger partial charge in [0, 0.05) is 19.5 Å². The molecular formula is C10H18N2O4. The lowest BCUT2D eigenvalue weighted by atomic mass is 10.4. The van der Waals surface area contributed by atoms with Crippen LogP contribution < -0.4 is 0 Å². The zero-order chi connectivity index (χ0) is 12.1. The predicted octanol–water partition coefficient (Wildman–Crippen LogP) is -0.0461. The number of nitrogens with one attached hydrogen (secondary N) is 1. The van der Waals surface area contributed by atoms with Crippen molar-refractivity contribution in [1.29, 1.82) is 5.41 Å². The molecule has 16 heavy (non-hydrogen) atoms. The minimum atomic E-state index is -0.296. The Morgan fingerprint density at radius 2 is 1.94 bits per heavy atom. The molecule has 0 fully saturated rings. The number of hydrogen-bond donors (Lipinski definition) is 1. The number of aliphatic imine (C=N–C) groups is 1. The van der Waals surface area contributed by atoms with Crippen LogP contribution in [0.2, 0.25) is 0 Å². The second-order valence-electron chi connectivity index (χ2n) is 2.84. The van der Waals surface area contributed by atoms with Crippen LogP contribution in [-0.2, 0) is 19.0 Å². The first kappa shape index (κ1) is 14.9. The molecule has 0 radical (unpaired) electrons. The average Bonchev–Trinajstić information content (AvgIpc) is 2.31. The summed E-state index contributed by atoms with van der Waals surface area (Å²) in [5, 5.41) is 6.78. The summed E-state index contributed by atoms with van der Waals surface area (Å²) >= 11 is 0. The molecule has 0 saturated heterocycles. The summed E-state index contributed by atoms with van der Waals surface area (Å²) in [7, 11) is 1.66. The van der Waals surface area contributed by atoms with Crippen LogP contribution in [0.15, 0.2) is 4.99 Å². The van der Waals surface area contributed by atoms with Crippen molar-refractivity contribution in [3.05, 3.63) is 0 Å². The highest BCUT2D eigenvalue weighted by molar-refractivity contribution is 5.58. The minimum Gasteiger partial charge on any atom is -0.373 e. The van der Waals surface area contributed by atoms with Gasteiger partial charge in [-0.15, -0.1) is 0 Å². The summed E-state index contributed by atoms with van der Waals surface area (Å²) in [5.41, 5.74) is 0. The summed E-state index contributed by atoms with van der Waals surface area (Å²) in [6.45, 7) is 1.29. The molecule has 92 valence electrons. The fourth-order valence-electron chi connectivity index (χ4n) is 0.905. The van der Waals surface area contributed by atoms with E-state index in [2.05, 4.69) is 4.99 Å². The van der Waals surface area contributed by atoms with E-state index in [1.807, 2.05) is 0 Å². The second kappa shape index (κ2) is 12.0. The van der Waals surface area contributed by atoms with Gasteiger partial charge >= 0.3 is 0 Å². The molecule has 6 nitrogen and oxygen atoms in total. The number of rotatable bonds is 11. The zero-order valence-corrected chi connectivity index (χ0v) is 9.43. The molecule has 0 aliphatic rings. The lowest BCUT2D eigenvalue weighted by Crippen LogP contribution is -2.27. The SMILES string of the molecule is C/N=C\COCC(COCC=N)OCC=O. The first-order valence-corrected chi connectivity index (χ1v) is 4.95. The first-order valence-electron chi connectivity index (χ1n) is 4.95. The van der Waals surface area contributed by atoms with Gasteiger partial charge in [0.2, 0.25) is 0 Å². The third-order valence-electron chi connectivity index (χ3n) is 1.58. The maximum atomic E-state index is 10.2. The van der Waals surface area contributed by atoms with Gasteiger partial charge in [0.05, 0.1) is 26.4 Å². The molecular weight excluding hydrogens is 212 g/mol. The molecule has 0 heterocycles. The summed E-state index contributed by atoms with van der Waals surface area (Å²) in [4.78, 5) is 13.9. The Labute approximate surface area is 95.1 Å². The van der Waals surface area contributed by atoms with Crippen molar-refractivity contribution in [2.45, 2.75) is 6.10 Å². The Hall–Kier alpha value is -1.11. The van der Waals surface area contributed by atoms with E-state index in [9.17, 15) is 4.79 Å². The number of hydrogen-bond acceptors (Lipinski definition) is 6. The van der Waals surface area contributed by atoms with Crippen molar-refractivity contribution in [2.24, 2.45) is 4.99 Å². The molecule has 0 bridgehead atoms. The first-order chi connectivity index (χ1) is 7.85. The van der Waals surface area contributed by atoms with E-state index in [0.717, 1.165) is 6.21 Å². The Morgan fingerprint density at radius 1 is 1.25 bits per heavy atom. The van der Waals surface area contributed by atoms with Crippen LogP contribution in [0.1, 0.15) is 0 Å². The minimum absolute atomic E-state index is 0.0177. The normalized spacial score (nSPS) is 12.8. The van der Waals surface area contributed by atoms with Crippen molar-refractivity contribution in [3.8, 4) is 0 Å². The van der Waals surface area contributed by atoms with Crippen LogP contribution in [0.5, 0.6) is 0 Å². The lowest BCUT2D eigenvalue weighted by molar-refractivity contribution is -0.117. The van der Waals surface area contributed by atoms with Crippen LogP contribution in [0.25, 0.3) is 0 Å². The van der Waals surface area contributed by atoms with Crippen molar-refractivity contribution in [1.82, 2.24) is 0 Å². The number of nitrogens with zero attached hydrogens (tertiary/aromatic N) is 1. The standard InChI is InChI=1S/C10H18N2O4/c1-12-3-6-15-9-10(16-7-4-13)8-14-5-2-11/h2-4,10-11H,5-9H2,1H3/b11-2?,12-3-. The number of carbonyl (C=O) groups excluding carboxylic acids is 1. The van der Waals surface area contributed by atoms with E-state index in [4.69, 9.17) is 19.6 Å². The van der Waals surface area contributed by atoms with Gasteiger partial charge in [0.25, 0.3) is 0 Å². The molecule has 0 aromatic carbocycles. The van der Waals surface area contributed by atoms with Crippen molar-refractivity contribution < 1.29 is 19.0 Å². The zero-order valence-electron chi connectivity index (χ0n) is 9.43. The summed E-state index contributed by atoms with van der Waals surface area (Å²) in [5.74, 6) is 0. The maximum Gasteiger partial charge on any atom is 0.145 e. The largest absolute Gasteiger partial charge is 0.373 e. The van der Waals surface area contributed by atoms with E-state index in [-0.39, 0.29) is 19.3 Å². The topological polar surface area (TPSA) is 81.0 Å². The molecule has 0 spiro atoms. The Kier molecular flexibility index (Phi) is 11.1. The molecule has 1 atom stereocenters. The predicted molar refractivity (Wildman–Crippen MR) is 60.6 cm³/mol. The molecule has 0 saturated carbocycles. The molecule has 0 aliphatic heterocycles. The molecule has 1 N–H and O–H groups in total. The van der Waals surface area contributed by atoms with Gasteiger partial charge in [-0.2, -0.15) is 0 Å². The quantitative estimate of drug-likeness (QED) is 0.306. The smallest absolute Gasteiger partial charge is 0.145 e. The Morgan fingerprint density at radius 3 is 2.50 bits per heavy atom. The van der Waals surface area contributed by atoms with Gasteiger partial charge in [-0.1, -0.05) is 0 Å². The Bertz CT molecular complexity index is 209. The maximum absolute atomic E-state index is 10.2. The average molecular weight is 230 g/mol. The van der Waals surface area contributed by atoms with E-state index in [0.29, 0.717) is 26.1 Å². The highest BCUT2D eigenvalue weighted by Gasteiger charge is 2.08. The van der Waals surface area contributed by atoms with Gasteiger partial charge < -0.3 is 24.4 Å². The summed E-state index contributed by atoms with van der Waals surface area (Å²) in [6.07, 6.45) is 3.17. The van der Waals surface area contributed by atoms with E-state index in [1.165, 1.54) is 0 Å². The van der Waals surface area contributed by atoms with Gasteiger partial charge in [0.1, 0.15) is 19.0 Å². The Balaban J connectivity index is 3.70. The van der Waals surface area contributed by atoms with Gasteiger partial charge in [-0.3, -0.25) is 4.99 Å². The van der Waals surface area contributed by atoms with E-state index in [1.54, 1.807) is 13.3 Å². The molecule has 0 aliphatic carbocycles. The van der Waals surface area contributed by atoms with Crippen LogP contribution in [0.4, 0.5) is 0 Å². The summed E-state index contributed by atoms with van der Waals surface area (Å²) in [6, 6.07) is 0. The molecule has 0 amide bonds. The highest BCUT2D eigenvalue weighted by atomic mass is 16.6. The monoisotopic (exact) mass is 230 g/mol. The molecule has 1 unspecified atom stereocenters. The number of ether oxygens (including phenoxy) is 3. The molecule has 0 rings (SSSR count). The molecule has 0 aromatic rings. The number of carbonyl (C=O) groups is 1. The van der Waals surface area contributed by atoms with Crippen molar-refractivity contribution >= 4 is 18.7 Å². The third-order valence-corrected chi connectivity index (χ3v) is 1.58. The van der Waals surface area contributed by atoms with Crippen LogP contribution in [0, 0.1) is 5.41 Å². The van der Waals surface area contributed by atoms with Gasteiger partial charge in [-0.25, -0.2) is 0 Å². The molecule has 0 aromatic heterocycles. The summed E-state index contributed by atoms with van der Waals surface area (Å²) < 4.78 is 15.5. The van der Waals surface area contributed by atoms with Crippen molar-refractivity contribution in [2.75, 3.05) is 40.1 Å². The highest BCUT2D eigenvalue weighted by Crippen LogP contribution is 1.94. The van der Waals surface area contributed by atoms with Crippen molar-refractivity contribution in [3.63, 3.8) is 0 Å².